The molecule has 7 heteroatoms. The van der Waals surface area contributed by atoms with E-state index in [9.17, 15) is 14.4 Å². The summed E-state index contributed by atoms with van der Waals surface area (Å²) in [5, 5.41) is 0. The van der Waals surface area contributed by atoms with Gasteiger partial charge < -0.3 is 14.4 Å². The molecule has 3 amide bonds. The van der Waals surface area contributed by atoms with Crippen LogP contribution < -0.4 is 14.4 Å². The molecule has 180 valence electrons. The van der Waals surface area contributed by atoms with Crippen LogP contribution in [0.2, 0.25) is 0 Å². The van der Waals surface area contributed by atoms with Gasteiger partial charge in [0.1, 0.15) is 6.04 Å². The van der Waals surface area contributed by atoms with Gasteiger partial charge in [0, 0.05) is 12.1 Å². The molecule has 3 aromatic carbocycles. The van der Waals surface area contributed by atoms with Gasteiger partial charge in [-0.2, -0.15) is 0 Å². The molecule has 1 unspecified atom stereocenters. The number of ether oxygens (including phenoxy) is 2. The Hall–Kier alpha value is -4.13. The predicted molar refractivity (Wildman–Crippen MR) is 133 cm³/mol. The van der Waals surface area contributed by atoms with E-state index in [1.165, 1.54) is 24.0 Å². The molecule has 35 heavy (non-hydrogen) atoms. The maximum Gasteiger partial charge on any atom is 0.257 e. The Morgan fingerprint density at radius 1 is 0.943 bits per heavy atom. The standard InChI is InChI=1S/C28H28N2O5/c1-19-9-12-22(13-10-19)30-26(31)18-23(28(30)33)29(16-15-20-7-5-4-6-8-20)27(32)21-11-14-24(34-2)25(17-21)35-3/h4-14,17,23H,15-16,18H2,1-3H3. The number of hydrogen-bond acceptors (Lipinski definition) is 5. The lowest BCUT2D eigenvalue weighted by Crippen LogP contribution is -2.46. The molecule has 1 aliphatic heterocycles. The van der Waals surface area contributed by atoms with Crippen molar-refractivity contribution in [3.05, 3.63) is 89.5 Å². The van der Waals surface area contributed by atoms with Gasteiger partial charge in [-0.05, 0) is 49.2 Å². The van der Waals surface area contributed by atoms with E-state index >= 15 is 0 Å². The van der Waals surface area contributed by atoms with Crippen LogP contribution in [0.25, 0.3) is 0 Å². The van der Waals surface area contributed by atoms with Crippen molar-refractivity contribution in [3.63, 3.8) is 0 Å². The molecular weight excluding hydrogens is 444 g/mol. The molecule has 1 heterocycles. The van der Waals surface area contributed by atoms with Gasteiger partial charge in [0.2, 0.25) is 5.91 Å². The SMILES string of the molecule is COc1ccc(C(=O)N(CCc2ccccc2)C2CC(=O)N(c3ccc(C)cc3)C2=O)cc1OC. The molecule has 0 saturated carbocycles. The molecule has 0 aliphatic carbocycles. The topological polar surface area (TPSA) is 76.2 Å². The molecule has 3 aromatic rings. The Balaban J connectivity index is 1.66. The van der Waals surface area contributed by atoms with Crippen LogP contribution in [0.5, 0.6) is 11.5 Å². The highest BCUT2D eigenvalue weighted by Gasteiger charge is 2.44. The molecule has 4 rings (SSSR count). The number of benzene rings is 3. The zero-order valence-corrected chi connectivity index (χ0v) is 20.1. The molecule has 0 spiro atoms. The van der Waals surface area contributed by atoms with E-state index in [2.05, 4.69) is 0 Å². The molecule has 1 aliphatic rings. The molecule has 1 saturated heterocycles. The van der Waals surface area contributed by atoms with E-state index in [0.717, 1.165) is 11.1 Å². The molecule has 0 aromatic heterocycles. The number of methoxy groups -OCH3 is 2. The van der Waals surface area contributed by atoms with E-state index in [1.807, 2.05) is 49.4 Å². The third-order valence-corrected chi connectivity index (χ3v) is 6.17. The van der Waals surface area contributed by atoms with Crippen molar-refractivity contribution in [1.29, 1.82) is 0 Å². The van der Waals surface area contributed by atoms with Gasteiger partial charge in [0.05, 0.1) is 26.3 Å². The molecule has 1 fully saturated rings. The van der Waals surface area contributed by atoms with E-state index in [1.54, 1.807) is 30.3 Å². The number of rotatable bonds is 8. The summed E-state index contributed by atoms with van der Waals surface area (Å²) in [5.41, 5.74) is 2.92. The van der Waals surface area contributed by atoms with Crippen LogP contribution >= 0.6 is 0 Å². The number of nitrogens with zero attached hydrogens (tertiary/aromatic N) is 2. The van der Waals surface area contributed by atoms with Gasteiger partial charge >= 0.3 is 0 Å². The van der Waals surface area contributed by atoms with E-state index in [4.69, 9.17) is 9.47 Å². The maximum absolute atomic E-state index is 13.7. The highest BCUT2D eigenvalue weighted by atomic mass is 16.5. The lowest BCUT2D eigenvalue weighted by atomic mass is 10.1. The second-order valence-electron chi connectivity index (χ2n) is 8.43. The Morgan fingerprint density at radius 3 is 2.29 bits per heavy atom. The monoisotopic (exact) mass is 472 g/mol. The zero-order valence-electron chi connectivity index (χ0n) is 20.1. The lowest BCUT2D eigenvalue weighted by molar-refractivity contribution is -0.122. The van der Waals surface area contributed by atoms with Crippen LogP contribution in [0.3, 0.4) is 0 Å². The number of carbonyl (C=O) groups is 3. The second kappa shape index (κ2) is 10.4. The number of imide groups is 1. The first-order valence-electron chi connectivity index (χ1n) is 11.4. The van der Waals surface area contributed by atoms with Crippen molar-refractivity contribution < 1.29 is 23.9 Å². The van der Waals surface area contributed by atoms with Gasteiger partial charge in [-0.3, -0.25) is 14.4 Å². The number of aryl methyl sites for hydroxylation is 1. The van der Waals surface area contributed by atoms with E-state index in [-0.39, 0.29) is 24.8 Å². The predicted octanol–water partition coefficient (Wildman–Crippen LogP) is 4.03. The highest BCUT2D eigenvalue weighted by Crippen LogP contribution is 2.30. The summed E-state index contributed by atoms with van der Waals surface area (Å²) in [4.78, 5) is 42.8. The number of carbonyl (C=O) groups excluding carboxylic acids is 3. The number of anilines is 1. The van der Waals surface area contributed by atoms with Gasteiger partial charge in [-0.25, -0.2) is 4.90 Å². The Bertz CT molecular complexity index is 1220. The average Bonchev–Trinajstić information content (AvgIpc) is 3.18. The fourth-order valence-electron chi connectivity index (χ4n) is 4.25. The Labute approximate surface area is 204 Å². The summed E-state index contributed by atoms with van der Waals surface area (Å²) in [6.07, 6.45) is 0.475. The molecule has 0 N–H and O–H groups in total. The number of hydrogen-bond donors (Lipinski definition) is 0. The van der Waals surface area contributed by atoms with Crippen LogP contribution in [0.4, 0.5) is 5.69 Å². The van der Waals surface area contributed by atoms with Crippen LogP contribution in [0, 0.1) is 6.92 Å². The van der Waals surface area contributed by atoms with Crippen molar-refractivity contribution in [2.24, 2.45) is 0 Å². The lowest BCUT2D eigenvalue weighted by Gasteiger charge is -2.28. The molecule has 0 bridgehead atoms. The third kappa shape index (κ3) is 5.04. The van der Waals surface area contributed by atoms with Gasteiger partial charge in [0.15, 0.2) is 11.5 Å². The summed E-state index contributed by atoms with van der Waals surface area (Å²) in [5.74, 6) is -0.165. The minimum absolute atomic E-state index is 0.0689. The first kappa shape index (κ1) is 24.0. The molecule has 1 atom stereocenters. The van der Waals surface area contributed by atoms with Gasteiger partial charge in [-0.1, -0.05) is 48.0 Å². The normalized spacial score (nSPS) is 15.3. The third-order valence-electron chi connectivity index (χ3n) is 6.17. The smallest absolute Gasteiger partial charge is 0.257 e. The Kier molecular flexibility index (Phi) is 7.15. The minimum Gasteiger partial charge on any atom is -0.493 e. The van der Waals surface area contributed by atoms with Crippen LogP contribution in [0.1, 0.15) is 27.9 Å². The molecular formula is C28H28N2O5. The van der Waals surface area contributed by atoms with Gasteiger partial charge in [0.25, 0.3) is 11.8 Å². The maximum atomic E-state index is 13.7. The first-order valence-corrected chi connectivity index (χ1v) is 11.4. The molecule has 0 radical (unpaired) electrons. The molecule has 7 nitrogen and oxygen atoms in total. The van der Waals surface area contributed by atoms with Crippen LogP contribution in [-0.2, 0) is 16.0 Å². The minimum atomic E-state index is -0.895. The van der Waals surface area contributed by atoms with Crippen LogP contribution in [-0.4, -0.2) is 49.4 Å². The summed E-state index contributed by atoms with van der Waals surface area (Å²) in [7, 11) is 3.02. The van der Waals surface area contributed by atoms with Crippen molar-refractivity contribution in [2.45, 2.75) is 25.8 Å². The van der Waals surface area contributed by atoms with Gasteiger partial charge in [-0.15, -0.1) is 0 Å². The van der Waals surface area contributed by atoms with Crippen LogP contribution in [0.15, 0.2) is 72.8 Å². The van der Waals surface area contributed by atoms with Crippen molar-refractivity contribution in [2.75, 3.05) is 25.7 Å². The van der Waals surface area contributed by atoms with E-state index in [0.29, 0.717) is 29.2 Å². The summed E-state index contributed by atoms with van der Waals surface area (Å²) < 4.78 is 10.6. The quantitative estimate of drug-likeness (QED) is 0.463. The fraction of sp³-hybridized carbons (Fsp3) is 0.250. The zero-order chi connectivity index (χ0) is 24.9. The fourth-order valence-corrected chi connectivity index (χ4v) is 4.25. The van der Waals surface area contributed by atoms with Crippen molar-refractivity contribution in [3.8, 4) is 11.5 Å². The van der Waals surface area contributed by atoms with E-state index < -0.39 is 11.9 Å². The summed E-state index contributed by atoms with van der Waals surface area (Å²) in [6, 6.07) is 20.9. The Morgan fingerprint density at radius 2 is 1.63 bits per heavy atom. The largest absolute Gasteiger partial charge is 0.493 e. The highest BCUT2D eigenvalue weighted by molar-refractivity contribution is 6.23. The summed E-state index contributed by atoms with van der Waals surface area (Å²) in [6.45, 7) is 2.22. The average molecular weight is 473 g/mol. The van der Waals surface area contributed by atoms with Crippen molar-refractivity contribution >= 4 is 23.4 Å². The van der Waals surface area contributed by atoms with Crippen molar-refractivity contribution in [1.82, 2.24) is 4.90 Å². The first-order chi connectivity index (χ1) is 16.9. The number of amides is 3. The second-order valence-corrected chi connectivity index (χ2v) is 8.43. The summed E-state index contributed by atoms with van der Waals surface area (Å²) >= 11 is 0.